The van der Waals surface area contributed by atoms with Crippen LogP contribution < -0.4 is 0 Å². The number of hydrogen-bond donors (Lipinski definition) is 0. The van der Waals surface area contributed by atoms with Gasteiger partial charge >= 0.3 is 0 Å². The zero-order chi connectivity index (χ0) is 25.5. The summed E-state index contributed by atoms with van der Waals surface area (Å²) in [6.07, 6.45) is 1.67. The lowest BCUT2D eigenvalue weighted by Crippen LogP contribution is -1.89. The van der Waals surface area contributed by atoms with Gasteiger partial charge < -0.3 is 4.85 Å². The van der Waals surface area contributed by atoms with Gasteiger partial charge in [-0.05, 0) is 84.4 Å². The van der Waals surface area contributed by atoms with Crippen molar-refractivity contribution in [2.24, 2.45) is 0 Å². The van der Waals surface area contributed by atoms with Crippen molar-refractivity contribution in [1.82, 2.24) is 4.98 Å². The van der Waals surface area contributed by atoms with Crippen LogP contribution in [-0.4, -0.2) is 4.98 Å². The molecule has 0 unspecified atom stereocenters. The predicted octanol–water partition coefficient (Wildman–Crippen LogP) is 10.1. The Kier molecular flexibility index (Phi) is 5.20. The van der Waals surface area contributed by atoms with Gasteiger partial charge in [0.15, 0.2) is 0 Å². The lowest BCUT2D eigenvalue weighted by Gasteiger charge is -2.16. The molecular weight excluding hydrogens is 460 g/mol. The van der Waals surface area contributed by atoms with Crippen LogP contribution in [0.25, 0.3) is 70.5 Å². The second kappa shape index (κ2) is 9.00. The molecule has 0 amide bonds. The molecule has 0 saturated carbocycles. The highest BCUT2D eigenvalue weighted by Crippen LogP contribution is 2.42. The molecule has 7 rings (SSSR count). The standard InChI is InChI=1S/C36H22N2/c1-37-36-27(19-10-20-38-36)25-13-9-14-26(21-25)33-23-35-30-17-7-5-15-28(30)32(24-11-3-2-4-12-24)22-34(35)31-18-8-6-16-29(31)33/h2-23H. The predicted molar refractivity (Wildman–Crippen MR) is 159 cm³/mol. The van der Waals surface area contributed by atoms with Crippen molar-refractivity contribution in [3.05, 3.63) is 145 Å². The molecule has 0 fully saturated rings. The fourth-order valence-electron chi connectivity index (χ4n) is 5.61. The van der Waals surface area contributed by atoms with E-state index < -0.39 is 0 Å². The Morgan fingerprint density at radius 1 is 0.421 bits per heavy atom. The first-order valence-corrected chi connectivity index (χ1v) is 12.7. The lowest BCUT2D eigenvalue weighted by molar-refractivity contribution is 1.35. The number of nitrogens with zero attached hydrogens (tertiary/aromatic N) is 2. The molecule has 0 N–H and O–H groups in total. The quantitative estimate of drug-likeness (QED) is 0.181. The van der Waals surface area contributed by atoms with Crippen LogP contribution in [0.1, 0.15) is 0 Å². The van der Waals surface area contributed by atoms with Crippen LogP contribution in [0.2, 0.25) is 0 Å². The Morgan fingerprint density at radius 2 is 0.947 bits per heavy atom. The number of pyridine rings is 1. The van der Waals surface area contributed by atoms with Gasteiger partial charge in [-0.2, -0.15) is 0 Å². The summed E-state index contributed by atoms with van der Waals surface area (Å²) >= 11 is 0. The van der Waals surface area contributed by atoms with Crippen LogP contribution in [-0.2, 0) is 0 Å². The van der Waals surface area contributed by atoms with Gasteiger partial charge in [0.1, 0.15) is 6.20 Å². The molecule has 0 spiro atoms. The molecule has 2 heteroatoms. The van der Waals surface area contributed by atoms with Gasteiger partial charge in [0.05, 0.1) is 0 Å². The zero-order valence-corrected chi connectivity index (χ0v) is 20.6. The lowest BCUT2D eigenvalue weighted by atomic mass is 9.87. The molecule has 0 aliphatic carbocycles. The van der Waals surface area contributed by atoms with Gasteiger partial charge in [0.25, 0.3) is 5.82 Å². The molecule has 0 bridgehead atoms. The van der Waals surface area contributed by atoms with Crippen LogP contribution in [0.5, 0.6) is 0 Å². The SMILES string of the molecule is [C-]#[N+]c1ncccc1-c1cccc(-c2cc3c4ccccc4c(-c4ccccc4)cc3c3ccccc23)c1. The van der Waals surface area contributed by atoms with Crippen LogP contribution in [0, 0.1) is 6.57 Å². The highest BCUT2D eigenvalue weighted by atomic mass is 14.9. The number of benzene rings is 6. The highest BCUT2D eigenvalue weighted by molar-refractivity contribution is 6.23. The van der Waals surface area contributed by atoms with E-state index in [1.54, 1.807) is 6.20 Å². The third-order valence-corrected chi connectivity index (χ3v) is 7.34. The molecule has 0 atom stereocenters. The summed E-state index contributed by atoms with van der Waals surface area (Å²) in [5, 5.41) is 7.43. The molecule has 0 radical (unpaired) electrons. The van der Waals surface area contributed by atoms with Gasteiger partial charge in [-0.1, -0.05) is 110 Å². The molecule has 38 heavy (non-hydrogen) atoms. The Balaban J connectivity index is 1.55. The number of fused-ring (bicyclic) bond motifs is 5. The van der Waals surface area contributed by atoms with Crippen molar-refractivity contribution in [3.8, 4) is 33.4 Å². The molecule has 6 aromatic carbocycles. The molecule has 7 aromatic rings. The fraction of sp³-hybridized carbons (Fsp3) is 0. The van der Waals surface area contributed by atoms with Crippen LogP contribution in [0.3, 0.4) is 0 Å². The van der Waals surface area contributed by atoms with E-state index >= 15 is 0 Å². The number of hydrogen-bond acceptors (Lipinski definition) is 1. The topological polar surface area (TPSA) is 17.2 Å². The van der Waals surface area contributed by atoms with Gasteiger partial charge in [-0.25, -0.2) is 0 Å². The van der Waals surface area contributed by atoms with Gasteiger partial charge in [0, 0.05) is 5.56 Å². The second-order valence-corrected chi connectivity index (χ2v) is 9.47. The van der Waals surface area contributed by atoms with E-state index in [2.05, 4.69) is 125 Å². The van der Waals surface area contributed by atoms with Gasteiger partial charge in [0.2, 0.25) is 0 Å². The van der Waals surface area contributed by atoms with Crippen molar-refractivity contribution in [1.29, 1.82) is 0 Å². The normalized spacial score (nSPS) is 11.1. The van der Waals surface area contributed by atoms with Crippen LogP contribution >= 0.6 is 0 Å². The van der Waals surface area contributed by atoms with Crippen molar-refractivity contribution < 1.29 is 0 Å². The zero-order valence-electron chi connectivity index (χ0n) is 20.6. The van der Waals surface area contributed by atoms with Gasteiger partial charge in [-0.3, -0.25) is 0 Å². The minimum absolute atomic E-state index is 0.424. The minimum atomic E-state index is 0.424. The molecule has 176 valence electrons. The maximum atomic E-state index is 7.57. The van der Waals surface area contributed by atoms with Crippen molar-refractivity contribution in [2.75, 3.05) is 0 Å². The van der Waals surface area contributed by atoms with Gasteiger partial charge in [-0.15, -0.1) is 4.98 Å². The maximum absolute atomic E-state index is 7.57. The Bertz CT molecular complexity index is 2030. The average molecular weight is 483 g/mol. The smallest absolute Gasteiger partial charge is 0.277 e. The summed E-state index contributed by atoms with van der Waals surface area (Å²) in [4.78, 5) is 7.93. The molecular formula is C36H22N2. The maximum Gasteiger partial charge on any atom is 0.277 e. The summed E-state index contributed by atoms with van der Waals surface area (Å²) in [6.45, 7) is 7.57. The van der Waals surface area contributed by atoms with E-state index in [1.807, 2.05) is 12.1 Å². The van der Waals surface area contributed by atoms with E-state index in [1.165, 1.54) is 49.0 Å². The number of rotatable bonds is 3. The third-order valence-electron chi connectivity index (χ3n) is 7.34. The van der Waals surface area contributed by atoms with E-state index in [-0.39, 0.29) is 0 Å². The monoisotopic (exact) mass is 482 g/mol. The van der Waals surface area contributed by atoms with E-state index in [4.69, 9.17) is 6.57 Å². The molecule has 0 aliphatic heterocycles. The van der Waals surface area contributed by atoms with Crippen molar-refractivity contribution in [2.45, 2.75) is 0 Å². The van der Waals surface area contributed by atoms with Crippen molar-refractivity contribution >= 4 is 38.1 Å². The molecule has 0 aliphatic rings. The van der Waals surface area contributed by atoms with Crippen molar-refractivity contribution in [3.63, 3.8) is 0 Å². The van der Waals surface area contributed by atoms with E-state index in [0.29, 0.717) is 5.82 Å². The second-order valence-electron chi connectivity index (χ2n) is 9.47. The first kappa shape index (κ1) is 22.0. The first-order chi connectivity index (χ1) is 18.8. The summed E-state index contributed by atoms with van der Waals surface area (Å²) in [7, 11) is 0. The Labute approximate surface area is 221 Å². The summed E-state index contributed by atoms with van der Waals surface area (Å²) in [6, 6.07) is 45.0. The fourth-order valence-corrected chi connectivity index (χ4v) is 5.61. The van der Waals surface area contributed by atoms with E-state index in [9.17, 15) is 0 Å². The summed E-state index contributed by atoms with van der Waals surface area (Å²) in [5.74, 6) is 0.424. The number of aromatic nitrogens is 1. The Hall–Kier alpha value is -5.26. The third kappa shape index (κ3) is 3.53. The molecule has 1 heterocycles. The van der Waals surface area contributed by atoms with Crippen LogP contribution in [0.4, 0.5) is 5.82 Å². The molecule has 1 aromatic heterocycles. The summed E-state index contributed by atoms with van der Waals surface area (Å²) < 4.78 is 0. The average Bonchev–Trinajstić information content (AvgIpc) is 3.00. The molecule has 0 saturated heterocycles. The highest BCUT2D eigenvalue weighted by Gasteiger charge is 2.15. The largest absolute Gasteiger partial charge is 0.360 e. The van der Waals surface area contributed by atoms with E-state index in [0.717, 1.165) is 16.7 Å². The minimum Gasteiger partial charge on any atom is -0.360 e. The van der Waals surface area contributed by atoms with Crippen LogP contribution in [0.15, 0.2) is 134 Å². The summed E-state index contributed by atoms with van der Waals surface area (Å²) in [5.41, 5.74) is 6.62. The Morgan fingerprint density at radius 3 is 1.58 bits per heavy atom. The first-order valence-electron chi connectivity index (χ1n) is 12.7. The molecule has 2 nitrogen and oxygen atoms in total.